The molecule has 1 aliphatic heterocycles. The number of hydrogen-bond donors (Lipinski definition) is 2. The average Bonchev–Trinajstić information content (AvgIpc) is 2.85. The average molecular weight is 481 g/mol. The second-order valence-corrected chi connectivity index (χ2v) is 8.70. The van der Waals surface area contributed by atoms with Crippen LogP contribution in [0.2, 0.25) is 0 Å². The lowest BCUT2D eigenvalue weighted by atomic mass is 10.2. The Balaban J connectivity index is 1.32. The molecule has 0 bridgehead atoms. The molecule has 2 N–H and O–H groups in total. The van der Waals surface area contributed by atoms with Crippen LogP contribution in [-0.2, 0) is 15.3 Å². The number of aromatic nitrogens is 1. The van der Waals surface area contributed by atoms with Crippen LogP contribution >= 0.6 is 11.8 Å². The summed E-state index contributed by atoms with van der Waals surface area (Å²) in [6.07, 6.45) is 1.64. The van der Waals surface area contributed by atoms with E-state index in [1.807, 2.05) is 4.90 Å². The van der Waals surface area contributed by atoms with Gasteiger partial charge in [-0.3, -0.25) is 14.5 Å². The topological polar surface area (TPSA) is 83.6 Å². The quantitative estimate of drug-likeness (QED) is 0.474. The molecule has 34 heavy (non-hydrogen) atoms. The molecule has 0 saturated carbocycles. The van der Waals surface area contributed by atoms with Gasteiger partial charge in [0.2, 0.25) is 5.91 Å². The first-order valence-electron chi connectivity index (χ1n) is 10.9. The zero-order chi connectivity index (χ0) is 23.8. The van der Waals surface area contributed by atoms with Crippen molar-refractivity contribution in [3.05, 3.63) is 83.8 Å². The van der Waals surface area contributed by atoms with Gasteiger partial charge in [0.1, 0.15) is 10.8 Å². The first-order chi connectivity index (χ1) is 16.6. The third-order valence-corrected chi connectivity index (χ3v) is 6.28. The van der Waals surface area contributed by atoms with Crippen LogP contribution in [-0.4, -0.2) is 54.5 Å². The fourth-order valence-electron chi connectivity index (χ4n) is 3.41. The van der Waals surface area contributed by atoms with Crippen LogP contribution in [0.5, 0.6) is 0 Å². The third kappa shape index (κ3) is 6.86. The number of carbonyl (C=O) groups is 2. The molecule has 1 saturated heterocycles. The summed E-state index contributed by atoms with van der Waals surface area (Å²) in [5.41, 5.74) is 2.66. The van der Waals surface area contributed by atoms with Gasteiger partial charge in [-0.25, -0.2) is 9.37 Å². The maximum Gasteiger partial charge on any atom is 0.258 e. The minimum atomic E-state index is -0.283. The molecule has 2 amide bonds. The summed E-state index contributed by atoms with van der Waals surface area (Å²) < 4.78 is 18.4. The Kier molecular flexibility index (Phi) is 8.24. The first-order valence-corrected chi connectivity index (χ1v) is 11.9. The molecule has 0 unspecified atom stereocenters. The van der Waals surface area contributed by atoms with E-state index in [1.54, 1.807) is 54.7 Å². The van der Waals surface area contributed by atoms with Crippen LogP contribution < -0.4 is 10.6 Å². The van der Waals surface area contributed by atoms with Gasteiger partial charge in [-0.15, -0.1) is 11.8 Å². The van der Waals surface area contributed by atoms with Crippen molar-refractivity contribution in [3.63, 3.8) is 0 Å². The largest absolute Gasteiger partial charge is 0.379 e. The van der Waals surface area contributed by atoms with Crippen molar-refractivity contribution in [1.29, 1.82) is 0 Å². The lowest BCUT2D eigenvalue weighted by Gasteiger charge is -2.25. The van der Waals surface area contributed by atoms with Gasteiger partial charge in [-0.1, -0.05) is 12.1 Å². The molecule has 1 aromatic heterocycles. The van der Waals surface area contributed by atoms with Gasteiger partial charge in [0.05, 0.1) is 25.3 Å². The summed E-state index contributed by atoms with van der Waals surface area (Å²) in [6, 6.07) is 16.7. The number of halogens is 1. The Hall–Kier alpha value is -3.27. The summed E-state index contributed by atoms with van der Waals surface area (Å²) in [7, 11) is 0. The molecule has 0 spiro atoms. The molecule has 1 fully saturated rings. The van der Waals surface area contributed by atoms with Crippen molar-refractivity contribution < 1.29 is 18.7 Å². The standard InChI is InChI=1S/C25H25FN4O3S/c26-19-5-3-18(4-6-19)17-34-25-22(2-1-11-27-25)24(32)29-21-9-7-20(8-10-21)28-23(31)16-30-12-14-33-15-13-30/h1-11H,12-17H2,(H,28,31)(H,29,32). The number of pyridine rings is 1. The van der Waals surface area contributed by atoms with E-state index in [1.165, 1.54) is 23.9 Å². The molecular weight excluding hydrogens is 455 g/mol. The number of morpholine rings is 1. The highest BCUT2D eigenvalue weighted by Crippen LogP contribution is 2.25. The number of rotatable bonds is 8. The minimum Gasteiger partial charge on any atom is -0.379 e. The number of hydrogen-bond acceptors (Lipinski definition) is 6. The summed E-state index contributed by atoms with van der Waals surface area (Å²) in [5.74, 6) is -0.0822. The Labute approximate surface area is 201 Å². The van der Waals surface area contributed by atoms with Crippen molar-refractivity contribution in [3.8, 4) is 0 Å². The lowest BCUT2D eigenvalue weighted by molar-refractivity contribution is -0.118. The SMILES string of the molecule is O=C(CN1CCOCC1)Nc1ccc(NC(=O)c2cccnc2SCc2ccc(F)cc2)cc1. The lowest BCUT2D eigenvalue weighted by Crippen LogP contribution is -2.41. The maximum absolute atomic E-state index is 13.1. The summed E-state index contributed by atoms with van der Waals surface area (Å²) >= 11 is 1.41. The number of benzene rings is 2. The van der Waals surface area contributed by atoms with Gasteiger partial charge in [0.15, 0.2) is 0 Å². The Bertz CT molecular complexity index is 1120. The molecule has 9 heteroatoms. The highest BCUT2D eigenvalue weighted by atomic mass is 32.2. The van der Waals surface area contributed by atoms with Crippen molar-refractivity contribution in [1.82, 2.24) is 9.88 Å². The van der Waals surface area contributed by atoms with E-state index in [2.05, 4.69) is 15.6 Å². The molecule has 0 aliphatic carbocycles. The molecule has 2 heterocycles. The van der Waals surface area contributed by atoms with E-state index in [-0.39, 0.29) is 17.6 Å². The summed E-state index contributed by atoms with van der Waals surface area (Å²) in [4.78, 5) is 31.5. The molecule has 7 nitrogen and oxygen atoms in total. The van der Waals surface area contributed by atoms with E-state index in [0.717, 1.165) is 18.7 Å². The van der Waals surface area contributed by atoms with Crippen molar-refractivity contribution >= 4 is 35.0 Å². The highest BCUT2D eigenvalue weighted by molar-refractivity contribution is 7.98. The van der Waals surface area contributed by atoms with E-state index in [4.69, 9.17) is 4.74 Å². The van der Waals surface area contributed by atoms with E-state index in [9.17, 15) is 14.0 Å². The van der Waals surface area contributed by atoms with Gasteiger partial charge in [-0.05, 0) is 54.1 Å². The van der Waals surface area contributed by atoms with Crippen LogP contribution in [0.4, 0.5) is 15.8 Å². The minimum absolute atomic E-state index is 0.0862. The van der Waals surface area contributed by atoms with E-state index >= 15 is 0 Å². The van der Waals surface area contributed by atoms with Gasteiger partial charge >= 0.3 is 0 Å². The van der Waals surface area contributed by atoms with Gasteiger partial charge in [0.25, 0.3) is 5.91 Å². The predicted molar refractivity (Wildman–Crippen MR) is 130 cm³/mol. The van der Waals surface area contributed by atoms with Gasteiger partial charge in [0, 0.05) is 36.4 Å². The molecule has 0 radical (unpaired) electrons. The zero-order valence-corrected chi connectivity index (χ0v) is 19.3. The van der Waals surface area contributed by atoms with Crippen LogP contribution in [0.1, 0.15) is 15.9 Å². The van der Waals surface area contributed by atoms with E-state index in [0.29, 0.717) is 47.5 Å². The zero-order valence-electron chi connectivity index (χ0n) is 18.5. The number of carbonyl (C=O) groups excluding carboxylic acids is 2. The molecule has 176 valence electrons. The fraction of sp³-hybridized carbons (Fsp3) is 0.240. The molecule has 4 rings (SSSR count). The van der Waals surface area contributed by atoms with Crippen LogP contribution in [0.25, 0.3) is 0 Å². The maximum atomic E-state index is 13.1. The number of amides is 2. The molecule has 0 atom stereocenters. The summed E-state index contributed by atoms with van der Waals surface area (Å²) in [5, 5.41) is 6.34. The van der Waals surface area contributed by atoms with Crippen molar-refractivity contribution in [2.24, 2.45) is 0 Å². The molecule has 1 aliphatic rings. The Morgan fingerprint density at radius 1 is 0.971 bits per heavy atom. The summed E-state index contributed by atoms with van der Waals surface area (Å²) in [6.45, 7) is 3.10. The number of thioether (sulfide) groups is 1. The third-order valence-electron chi connectivity index (χ3n) is 5.20. The van der Waals surface area contributed by atoms with Crippen molar-refractivity contribution in [2.75, 3.05) is 43.5 Å². The molecular formula is C25H25FN4O3S. The number of nitrogens with zero attached hydrogens (tertiary/aromatic N) is 2. The molecule has 3 aromatic rings. The van der Waals surface area contributed by atoms with Crippen LogP contribution in [0, 0.1) is 5.82 Å². The normalized spacial score (nSPS) is 13.9. The second-order valence-electron chi connectivity index (χ2n) is 7.74. The van der Waals surface area contributed by atoms with Gasteiger partial charge < -0.3 is 15.4 Å². The fourth-order valence-corrected chi connectivity index (χ4v) is 4.36. The highest BCUT2D eigenvalue weighted by Gasteiger charge is 2.15. The predicted octanol–water partition coefficient (Wildman–Crippen LogP) is 4.04. The number of ether oxygens (including phenoxy) is 1. The Morgan fingerprint density at radius 2 is 1.65 bits per heavy atom. The first kappa shape index (κ1) is 23.9. The molecule has 2 aromatic carbocycles. The second kappa shape index (κ2) is 11.7. The number of anilines is 2. The Morgan fingerprint density at radius 3 is 2.35 bits per heavy atom. The van der Waals surface area contributed by atoms with E-state index < -0.39 is 0 Å². The van der Waals surface area contributed by atoms with Crippen LogP contribution in [0.3, 0.4) is 0 Å². The number of nitrogens with one attached hydrogen (secondary N) is 2. The van der Waals surface area contributed by atoms with Crippen LogP contribution in [0.15, 0.2) is 71.9 Å². The smallest absolute Gasteiger partial charge is 0.258 e. The van der Waals surface area contributed by atoms with Gasteiger partial charge in [-0.2, -0.15) is 0 Å². The van der Waals surface area contributed by atoms with Crippen molar-refractivity contribution in [2.45, 2.75) is 10.8 Å². The monoisotopic (exact) mass is 480 g/mol.